The summed E-state index contributed by atoms with van der Waals surface area (Å²) in [4.78, 5) is 30.7. The minimum Gasteiger partial charge on any atom is -0.465 e. The Kier molecular flexibility index (Phi) is 5.14. The fourth-order valence-corrected chi connectivity index (χ4v) is 3.85. The van der Waals surface area contributed by atoms with Crippen LogP contribution in [-0.4, -0.2) is 47.1 Å². The molecule has 1 N–H and O–H groups in total. The van der Waals surface area contributed by atoms with Gasteiger partial charge in [0.2, 0.25) is 5.91 Å². The second-order valence-electron chi connectivity index (χ2n) is 5.97. The van der Waals surface area contributed by atoms with E-state index in [2.05, 4.69) is 20.4 Å². The summed E-state index contributed by atoms with van der Waals surface area (Å²) >= 11 is 1.11. The average Bonchev–Trinajstić information content (AvgIpc) is 3.27. The van der Waals surface area contributed by atoms with Gasteiger partial charge in [-0.25, -0.2) is 9.78 Å². The van der Waals surface area contributed by atoms with Gasteiger partial charge in [0, 0.05) is 6.07 Å². The number of hydrogen-bond acceptors (Lipinski definition) is 8. The molecule has 25 heavy (non-hydrogen) atoms. The Morgan fingerprint density at radius 3 is 2.96 bits per heavy atom. The van der Waals surface area contributed by atoms with Gasteiger partial charge in [0.25, 0.3) is 0 Å². The third-order valence-corrected chi connectivity index (χ3v) is 5.15. The van der Waals surface area contributed by atoms with Crippen molar-refractivity contribution in [2.24, 2.45) is 0 Å². The molecule has 134 valence electrons. The van der Waals surface area contributed by atoms with Crippen LogP contribution in [-0.2, 0) is 9.53 Å². The third-order valence-electron chi connectivity index (χ3n) is 4.10. The number of aromatic nitrogens is 2. The number of hydrogen-bond donors (Lipinski definition) is 1. The summed E-state index contributed by atoms with van der Waals surface area (Å²) in [6.45, 7) is 4.64. The molecule has 2 aromatic heterocycles. The van der Waals surface area contributed by atoms with E-state index in [0.717, 1.165) is 42.2 Å². The molecule has 8 nitrogen and oxygen atoms in total. The van der Waals surface area contributed by atoms with E-state index in [1.54, 1.807) is 6.92 Å². The summed E-state index contributed by atoms with van der Waals surface area (Å²) in [6.07, 6.45) is 1.94. The summed E-state index contributed by atoms with van der Waals surface area (Å²) in [5.41, 5.74) is 1.38. The number of rotatable bonds is 5. The lowest BCUT2D eigenvalue weighted by Gasteiger charge is -2.21. The van der Waals surface area contributed by atoms with E-state index in [1.807, 2.05) is 13.0 Å². The van der Waals surface area contributed by atoms with Gasteiger partial charge in [-0.2, -0.15) is 0 Å². The van der Waals surface area contributed by atoms with Crippen LogP contribution >= 0.6 is 11.3 Å². The molecular weight excluding hydrogens is 344 g/mol. The molecule has 0 aromatic carbocycles. The molecule has 1 atom stereocenters. The second-order valence-corrected chi connectivity index (χ2v) is 6.97. The van der Waals surface area contributed by atoms with Crippen molar-refractivity contribution in [2.45, 2.75) is 32.7 Å². The summed E-state index contributed by atoms with van der Waals surface area (Å²) in [5.74, 6) is 0.171. The number of carbonyl (C=O) groups excluding carboxylic acids is 2. The lowest BCUT2D eigenvalue weighted by molar-refractivity contribution is -0.117. The topological polar surface area (TPSA) is 97.6 Å². The zero-order chi connectivity index (χ0) is 18.0. The van der Waals surface area contributed by atoms with Crippen LogP contribution in [0.25, 0.3) is 0 Å². The maximum Gasteiger partial charge on any atom is 0.350 e. The quantitative estimate of drug-likeness (QED) is 0.813. The SMILES string of the molecule is COC(=O)c1sc(NC(=O)CN2CCCC2c2cc(C)no2)nc1C. The zero-order valence-corrected chi connectivity index (χ0v) is 15.2. The van der Waals surface area contributed by atoms with Gasteiger partial charge in [-0.05, 0) is 33.2 Å². The summed E-state index contributed by atoms with van der Waals surface area (Å²) in [5, 5.41) is 7.08. The van der Waals surface area contributed by atoms with Crippen molar-refractivity contribution < 1.29 is 18.8 Å². The lowest BCUT2D eigenvalue weighted by Crippen LogP contribution is -2.32. The first-order chi connectivity index (χ1) is 12.0. The van der Waals surface area contributed by atoms with Gasteiger partial charge in [-0.1, -0.05) is 16.5 Å². The van der Waals surface area contributed by atoms with Crippen LogP contribution in [0, 0.1) is 13.8 Å². The number of thiazole rings is 1. The molecule has 1 amide bonds. The molecule has 0 saturated carbocycles. The number of nitrogens with one attached hydrogen (secondary N) is 1. The first-order valence-corrected chi connectivity index (χ1v) is 8.82. The molecule has 0 spiro atoms. The summed E-state index contributed by atoms with van der Waals surface area (Å²) in [6, 6.07) is 1.98. The molecule has 3 rings (SSSR count). The number of aryl methyl sites for hydroxylation is 2. The van der Waals surface area contributed by atoms with Gasteiger partial charge in [0.05, 0.1) is 31.1 Å². The molecule has 3 heterocycles. The Hall–Kier alpha value is -2.26. The van der Waals surface area contributed by atoms with Crippen molar-refractivity contribution in [3.05, 3.63) is 28.1 Å². The highest BCUT2D eigenvalue weighted by Crippen LogP contribution is 2.32. The van der Waals surface area contributed by atoms with Gasteiger partial charge in [-0.3, -0.25) is 9.69 Å². The Balaban J connectivity index is 1.63. The zero-order valence-electron chi connectivity index (χ0n) is 14.4. The van der Waals surface area contributed by atoms with Crippen molar-refractivity contribution in [1.29, 1.82) is 0 Å². The minimum absolute atomic E-state index is 0.0654. The predicted molar refractivity (Wildman–Crippen MR) is 91.6 cm³/mol. The van der Waals surface area contributed by atoms with E-state index in [9.17, 15) is 9.59 Å². The molecule has 1 fully saturated rings. The molecule has 1 aliphatic rings. The minimum atomic E-state index is -0.448. The molecule has 1 aliphatic heterocycles. The number of anilines is 1. The van der Waals surface area contributed by atoms with E-state index in [1.165, 1.54) is 7.11 Å². The third kappa shape index (κ3) is 3.88. The maximum atomic E-state index is 12.4. The van der Waals surface area contributed by atoms with Crippen LogP contribution in [0.15, 0.2) is 10.6 Å². The Morgan fingerprint density at radius 2 is 2.28 bits per heavy atom. The lowest BCUT2D eigenvalue weighted by atomic mass is 10.1. The fourth-order valence-electron chi connectivity index (χ4n) is 2.95. The maximum absolute atomic E-state index is 12.4. The van der Waals surface area contributed by atoms with Gasteiger partial charge in [-0.15, -0.1) is 0 Å². The van der Waals surface area contributed by atoms with Crippen LogP contribution < -0.4 is 5.32 Å². The van der Waals surface area contributed by atoms with Gasteiger partial charge < -0.3 is 14.6 Å². The number of likely N-dealkylation sites (tertiary alicyclic amines) is 1. The Labute approximate surface area is 149 Å². The monoisotopic (exact) mass is 364 g/mol. The molecule has 0 radical (unpaired) electrons. The Bertz CT molecular complexity index is 785. The highest BCUT2D eigenvalue weighted by Gasteiger charge is 2.30. The van der Waals surface area contributed by atoms with E-state index in [-0.39, 0.29) is 18.5 Å². The van der Waals surface area contributed by atoms with Crippen LogP contribution in [0.2, 0.25) is 0 Å². The molecule has 2 aromatic rings. The molecule has 9 heteroatoms. The molecule has 1 unspecified atom stereocenters. The van der Waals surface area contributed by atoms with Crippen molar-refractivity contribution in [3.8, 4) is 0 Å². The smallest absolute Gasteiger partial charge is 0.350 e. The van der Waals surface area contributed by atoms with Gasteiger partial charge in [0.15, 0.2) is 10.9 Å². The van der Waals surface area contributed by atoms with Crippen LogP contribution in [0.1, 0.15) is 45.7 Å². The van der Waals surface area contributed by atoms with Crippen LogP contribution in [0.5, 0.6) is 0 Å². The van der Waals surface area contributed by atoms with Gasteiger partial charge >= 0.3 is 5.97 Å². The first kappa shape index (κ1) is 17.6. The van der Waals surface area contributed by atoms with Crippen molar-refractivity contribution in [2.75, 3.05) is 25.5 Å². The van der Waals surface area contributed by atoms with E-state index >= 15 is 0 Å². The number of nitrogens with zero attached hydrogens (tertiary/aromatic N) is 3. The molecule has 1 saturated heterocycles. The van der Waals surface area contributed by atoms with E-state index in [4.69, 9.17) is 9.26 Å². The summed E-state index contributed by atoms with van der Waals surface area (Å²) < 4.78 is 10.1. The number of amides is 1. The molecule has 0 aliphatic carbocycles. The van der Waals surface area contributed by atoms with Gasteiger partial charge in [0.1, 0.15) is 4.88 Å². The highest BCUT2D eigenvalue weighted by atomic mass is 32.1. The van der Waals surface area contributed by atoms with Crippen molar-refractivity contribution in [3.63, 3.8) is 0 Å². The number of carbonyl (C=O) groups is 2. The second kappa shape index (κ2) is 7.32. The standard InChI is InChI=1S/C16H20N4O4S/c1-9-7-12(24-19-9)11-5-4-6-20(11)8-13(21)18-16-17-10(2)14(25-16)15(22)23-3/h7,11H,4-6,8H2,1-3H3,(H,17,18,21). The average molecular weight is 364 g/mol. The van der Waals surface area contributed by atoms with Crippen molar-refractivity contribution in [1.82, 2.24) is 15.0 Å². The highest BCUT2D eigenvalue weighted by molar-refractivity contribution is 7.17. The first-order valence-electron chi connectivity index (χ1n) is 8.00. The number of methoxy groups -OCH3 is 1. The molecule has 0 bridgehead atoms. The number of esters is 1. The molecular formula is C16H20N4O4S. The van der Waals surface area contributed by atoms with Crippen LogP contribution in [0.3, 0.4) is 0 Å². The van der Waals surface area contributed by atoms with E-state index in [0.29, 0.717) is 15.7 Å². The van der Waals surface area contributed by atoms with E-state index < -0.39 is 5.97 Å². The fraction of sp³-hybridized carbons (Fsp3) is 0.500. The number of ether oxygens (including phenoxy) is 1. The predicted octanol–water partition coefficient (Wildman–Crippen LogP) is 2.31. The summed E-state index contributed by atoms with van der Waals surface area (Å²) in [7, 11) is 1.32. The Morgan fingerprint density at radius 1 is 1.48 bits per heavy atom. The normalized spacial score (nSPS) is 17.6. The van der Waals surface area contributed by atoms with Crippen molar-refractivity contribution >= 4 is 28.3 Å². The van der Waals surface area contributed by atoms with Crippen LogP contribution in [0.4, 0.5) is 5.13 Å². The largest absolute Gasteiger partial charge is 0.465 e.